The second-order valence-electron chi connectivity index (χ2n) is 7.24. The van der Waals surface area contributed by atoms with Crippen molar-refractivity contribution in [1.29, 1.82) is 0 Å². The van der Waals surface area contributed by atoms with E-state index in [1.807, 2.05) is 30.8 Å². The maximum Gasteiger partial charge on any atom is 0.226 e. The van der Waals surface area contributed by atoms with Crippen LogP contribution in [-0.4, -0.2) is 35.0 Å². The number of nitrogens with zero attached hydrogens (tertiary/aromatic N) is 3. The number of para-hydroxylation sites is 1. The van der Waals surface area contributed by atoms with Gasteiger partial charge in [0.1, 0.15) is 5.69 Å². The summed E-state index contributed by atoms with van der Waals surface area (Å²) in [5.41, 5.74) is 12.2. The molecular weight excluding hydrogens is 364 g/mol. The summed E-state index contributed by atoms with van der Waals surface area (Å²) in [5, 5.41) is 12.1. The summed E-state index contributed by atoms with van der Waals surface area (Å²) in [6.45, 7) is 2.01. The molecule has 148 valence electrons. The van der Waals surface area contributed by atoms with Crippen molar-refractivity contribution in [2.75, 3.05) is 17.7 Å². The van der Waals surface area contributed by atoms with Gasteiger partial charge >= 0.3 is 0 Å². The number of allylic oxidation sites excluding steroid dienone is 1. The maximum atomic E-state index is 12.1. The molecule has 4 rings (SSSR count). The molecule has 0 saturated heterocycles. The number of aryl methyl sites for hydroxylation is 1. The van der Waals surface area contributed by atoms with E-state index in [2.05, 4.69) is 45.0 Å². The van der Waals surface area contributed by atoms with Crippen LogP contribution in [0.3, 0.4) is 0 Å². The number of fused-ring (bicyclic) bond motifs is 2. The normalized spacial score (nSPS) is 17.1. The number of hydrogen-bond donors (Lipinski definition) is 3. The molecule has 0 fully saturated rings. The molecule has 2 heterocycles. The zero-order valence-corrected chi connectivity index (χ0v) is 16.7. The van der Waals surface area contributed by atoms with Crippen LogP contribution in [-0.2, 0) is 11.8 Å². The number of nitrogens with two attached hydrogens (primary N) is 1. The summed E-state index contributed by atoms with van der Waals surface area (Å²) in [6, 6.07) is 12.2. The summed E-state index contributed by atoms with van der Waals surface area (Å²) in [5.74, 6) is 0.0162. The first-order valence-corrected chi connectivity index (χ1v) is 9.52. The lowest BCUT2D eigenvalue weighted by molar-refractivity contribution is -0.116. The third-order valence-electron chi connectivity index (χ3n) is 5.10. The Labute approximate surface area is 169 Å². The number of amides is 1. The minimum atomic E-state index is 0.0162. The topological polar surface area (TPSA) is 97.3 Å². The first-order valence-electron chi connectivity index (χ1n) is 9.52. The van der Waals surface area contributed by atoms with E-state index in [1.54, 1.807) is 13.3 Å². The van der Waals surface area contributed by atoms with E-state index in [0.29, 0.717) is 6.42 Å². The quantitative estimate of drug-likeness (QED) is 0.599. The zero-order valence-electron chi connectivity index (χ0n) is 16.7. The fourth-order valence-corrected chi connectivity index (χ4v) is 3.80. The van der Waals surface area contributed by atoms with E-state index in [4.69, 9.17) is 5.73 Å². The number of carbonyl (C=O) groups excluding carboxylic acids is 1. The Morgan fingerprint density at radius 2 is 2.17 bits per heavy atom. The van der Waals surface area contributed by atoms with Gasteiger partial charge in [-0.1, -0.05) is 18.2 Å². The average molecular weight is 388 g/mol. The molecule has 0 bridgehead atoms. The smallest absolute Gasteiger partial charge is 0.226 e. The molecule has 1 aliphatic heterocycles. The van der Waals surface area contributed by atoms with E-state index < -0.39 is 0 Å². The molecule has 0 unspecified atom stereocenters. The molecule has 0 radical (unpaired) electrons. The number of anilines is 2. The summed E-state index contributed by atoms with van der Waals surface area (Å²) in [4.78, 5) is 16.2. The van der Waals surface area contributed by atoms with Gasteiger partial charge in [-0.25, -0.2) is 0 Å². The highest BCUT2D eigenvalue weighted by Crippen LogP contribution is 2.38. The second kappa shape index (κ2) is 7.43. The Morgan fingerprint density at radius 1 is 1.34 bits per heavy atom. The van der Waals surface area contributed by atoms with Crippen LogP contribution in [0.1, 0.15) is 19.0 Å². The Balaban J connectivity index is 1.90. The fourth-order valence-electron chi connectivity index (χ4n) is 3.80. The first-order chi connectivity index (χ1) is 14.0. The number of rotatable bonds is 3. The van der Waals surface area contributed by atoms with Crippen LogP contribution in [0.2, 0.25) is 0 Å². The Morgan fingerprint density at radius 3 is 2.93 bits per heavy atom. The van der Waals surface area contributed by atoms with Gasteiger partial charge < -0.3 is 16.4 Å². The molecule has 0 spiro atoms. The van der Waals surface area contributed by atoms with Crippen molar-refractivity contribution in [3.05, 3.63) is 48.3 Å². The SMILES string of the molecule is CN=C/C(=C\N)c1nn(C)c2ccc(-c3cccc4c3N[C@H](C)CC(=O)N4)cc12. The predicted molar refractivity (Wildman–Crippen MR) is 119 cm³/mol. The van der Waals surface area contributed by atoms with Crippen molar-refractivity contribution in [1.82, 2.24) is 9.78 Å². The number of hydrogen-bond acceptors (Lipinski definition) is 5. The monoisotopic (exact) mass is 388 g/mol. The third kappa shape index (κ3) is 3.35. The van der Waals surface area contributed by atoms with Gasteiger partial charge in [-0.05, 0) is 30.7 Å². The number of aliphatic imine (C=N–C) groups is 1. The number of carbonyl (C=O) groups is 1. The molecule has 1 aromatic heterocycles. The van der Waals surface area contributed by atoms with Crippen molar-refractivity contribution in [2.45, 2.75) is 19.4 Å². The Bertz CT molecular complexity index is 1160. The van der Waals surface area contributed by atoms with Gasteiger partial charge in [0.2, 0.25) is 5.91 Å². The maximum absolute atomic E-state index is 12.1. The van der Waals surface area contributed by atoms with E-state index in [-0.39, 0.29) is 11.9 Å². The molecule has 29 heavy (non-hydrogen) atoms. The van der Waals surface area contributed by atoms with Crippen LogP contribution in [0, 0.1) is 0 Å². The van der Waals surface area contributed by atoms with Crippen LogP contribution in [0.4, 0.5) is 11.4 Å². The van der Waals surface area contributed by atoms with Gasteiger partial charge in [0, 0.05) is 55.5 Å². The van der Waals surface area contributed by atoms with Crippen LogP contribution in [0.25, 0.3) is 27.6 Å². The standard InChI is InChI=1S/C22H24N6O/c1-13-9-20(29)26-18-6-4-5-16(22(18)25-13)14-7-8-19-17(10-14)21(27-28(19)3)15(11-23)12-24-2/h4-8,10-13,25H,9,23H2,1-3H3,(H,26,29)/b15-11+,24-12?/t13-/m1/s1. The van der Waals surface area contributed by atoms with E-state index in [0.717, 1.165) is 44.7 Å². The highest BCUT2D eigenvalue weighted by atomic mass is 16.1. The lowest BCUT2D eigenvalue weighted by atomic mass is 9.99. The minimum absolute atomic E-state index is 0.0162. The molecule has 0 aliphatic carbocycles. The molecule has 7 nitrogen and oxygen atoms in total. The highest BCUT2D eigenvalue weighted by Gasteiger charge is 2.21. The van der Waals surface area contributed by atoms with Crippen LogP contribution >= 0.6 is 0 Å². The van der Waals surface area contributed by atoms with Crippen molar-refractivity contribution >= 4 is 40.0 Å². The largest absolute Gasteiger partial charge is 0.404 e. The van der Waals surface area contributed by atoms with E-state index in [9.17, 15) is 4.79 Å². The predicted octanol–water partition coefficient (Wildman–Crippen LogP) is 3.38. The molecule has 0 saturated carbocycles. The highest BCUT2D eigenvalue weighted by molar-refractivity contribution is 6.14. The van der Waals surface area contributed by atoms with E-state index >= 15 is 0 Å². The lowest BCUT2D eigenvalue weighted by Gasteiger charge is -2.17. The second-order valence-corrected chi connectivity index (χ2v) is 7.24. The molecule has 1 amide bonds. The van der Waals surface area contributed by atoms with Gasteiger partial charge in [0.05, 0.1) is 16.9 Å². The van der Waals surface area contributed by atoms with Crippen LogP contribution in [0.5, 0.6) is 0 Å². The molecular formula is C22H24N6O. The Hall–Kier alpha value is -3.61. The van der Waals surface area contributed by atoms with Crippen LogP contribution < -0.4 is 16.4 Å². The molecule has 1 aliphatic rings. The summed E-state index contributed by atoms with van der Waals surface area (Å²) >= 11 is 0. The van der Waals surface area contributed by atoms with E-state index in [1.165, 1.54) is 6.20 Å². The van der Waals surface area contributed by atoms with Gasteiger partial charge in [-0.2, -0.15) is 5.10 Å². The van der Waals surface area contributed by atoms with Crippen LogP contribution in [0.15, 0.2) is 47.6 Å². The summed E-state index contributed by atoms with van der Waals surface area (Å²) in [6.07, 6.45) is 3.66. The molecule has 2 aromatic carbocycles. The third-order valence-corrected chi connectivity index (χ3v) is 5.10. The van der Waals surface area contributed by atoms with Gasteiger partial charge in [0.25, 0.3) is 0 Å². The number of benzene rings is 2. The first kappa shape index (κ1) is 18.7. The minimum Gasteiger partial charge on any atom is -0.404 e. The van der Waals surface area contributed by atoms with Gasteiger partial charge in [-0.3, -0.25) is 14.5 Å². The van der Waals surface area contributed by atoms with Crippen molar-refractivity contribution in [3.63, 3.8) is 0 Å². The number of nitrogens with one attached hydrogen (secondary N) is 2. The van der Waals surface area contributed by atoms with Crippen molar-refractivity contribution < 1.29 is 4.79 Å². The molecule has 1 atom stereocenters. The number of aromatic nitrogens is 2. The molecule has 4 N–H and O–H groups in total. The van der Waals surface area contributed by atoms with Crippen molar-refractivity contribution in [3.8, 4) is 11.1 Å². The zero-order chi connectivity index (χ0) is 20.5. The van der Waals surface area contributed by atoms with Gasteiger partial charge in [0.15, 0.2) is 0 Å². The van der Waals surface area contributed by atoms with Gasteiger partial charge in [-0.15, -0.1) is 0 Å². The summed E-state index contributed by atoms with van der Waals surface area (Å²) in [7, 11) is 3.62. The molecule has 3 aromatic rings. The molecule has 7 heteroatoms. The van der Waals surface area contributed by atoms with Crippen molar-refractivity contribution in [2.24, 2.45) is 17.8 Å². The lowest BCUT2D eigenvalue weighted by Crippen LogP contribution is -2.19. The summed E-state index contributed by atoms with van der Waals surface area (Å²) < 4.78 is 1.84. The average Bonchev–Trinajstić information content (AvgIpc) is 2.93. The Kier molecular flexibility index (Phi) is 4.80. The fraction of sp³-hybridized carbons (Fsp3) is 0.227.